The van der Waals surface area contributed by atoms with E-state index < -0.39 is 11.6 Å². The molecule has 0 spiro atoms. The van der Waals surface area contributed by atoms with E-state index in [1.807, 2.05) is 0 Å². The van der Waals surface area contributed by atoms with Crippen molar-refractivity contribution in [1.29, 1.82) is 0 Å². The summed E-state index contributed by atoms with van der Waals surface area (Å²) < 4.78 is 0. The molecule has 1 fully saturated rings. The van der Waals surface area contributed by atoms with Crippen molar-refractivity contribution in [2.75, 3.05) is 17.3 Å². The Morgan fingerprint density at radius 1 is 1.29 bits per heavy atom. The summed E-state index contributed by atoms with van der Waals surface area (Å²) in [6.07, 6.45) is 3.29. The standard InChI is InChI=1S/C19H21N5O3S/c1-3-4-9-14-21-22-18(28-14)20-17(27)19-11-10-15(25)24(19)13-8-6-5-7-12(13)16(26)23(19)2/h5-8H,3-4,9-11H2,1-2H3,(H,20,22,27)/t19-/m1/s1. The van der Waals surface area contributed by atoms with E-state index in [9.17, 15) is 14.4 Å². The molecule has 2 aromatic rings. The molecule has 8 nitrogen and oxygen atoms in total. The zero-order valence-electron chi connectivity index (χ0n) is 15.8. The third-order valence-corrected chi connectivity index (χ3v) is 6.24. The second-order valence-electron chi connectivity index (χ2n) is 6.99. The summed E-state index contributed by atoms with van der Waals surface area (Å²) in [5.74, 6) is -0.901. The van der Waals surface area contributed by atoms with Crippen molar-refractivity contribution in [3.05, 3.63) is 34.8 Å². The van der Waals surface area contributed by atoms with Crippen LogP contribution in [0.5, 0.6) is 0 Å². The Morgan fingerprint density at radius 3 is 2.86 bits per heavy atom. The first kappa shape index (κ1) is 18.5. The number of rotatable bonds is 5. The number of aromatic nitrogens is 2. The number of hydrogen-bond donors (Lipinski definition) is 1. The van der Waals surface area contributed by atoms with Crippen LogP contribution in [0.3, 0.4) is 0 Å². The maximum atomic E-state index is 13.3. The minimum atomic E-state index is -1.39. The summed E-state index contributed by atoms with van der Waals surface area (Å²) in [6.45, 7) is 2.10. The van der Waals surface area contributed by atoms with Gasteiger partial charge >= 0.3 is 0 Å². The van der Waals surface area contributed by atoms with E-state index in [1.54, 1.807) is 31.3 Å². The molecule has 3 heterocycles. The predicted octanol–water partition coefficient (Wildman–Crippen LogP) is 2.43. The number of nitrogens with one attached hydrogen (secondary N) is 1. The van der Waals surface area contributed by atoms with E-state index in [1.165, 1.54) is 21.1 Å². The first-order valence-electron chi connectivity index (χ1n) is 9.33. The largest absolute Gasteiger partial charge is 0.310 e. The van der Waals surface area contributed by atoms with Crippen molar-refractivity contribution in [2.24, 2.45) is 0 Å². The van der Waals surface area contributed by atoms with Crippen molar-refractivity contribution in [3.8, 4) is 0 Å². The second kappa shape index (κ2) is 6.97. The van der Waals surface area contributed by atoms with E-state index >= 15 is 0 Å². The first-order valence-corrected chi connectivity index (χ1v) is 10.1. The molecule has 1 aromatic heterocycles. The van der Waals surface area contributed by atoms with E-state index in [0.29, 0.717) is 16.4 Å². The summed E-state index contributed by atoms with van der Waals surface area (Å²) in [5.41, 5.74) is -0.497. The number of carbonyl (C=O) groups excluding carboxylic acids is 3. The Labute approximate surface area is 166 Å². The van der Waals surface area contributed by atoms with Crippen molar-refractivity contribution in [2.45, 2.75) is 44.7 Å². The average Bonchev–Trinajstić information content (AvgIpc) is 3.29. The van der Waals surface area contributed by atoms with Crippen LogP contribution in [0.2, 0.25) is 0 Å². The van der Waals surface area contributed by atoms with E-state index in [-0.39, 0.29) is 24.7 Å². The first-order chi connectivity index (χ1) is 13.5. The van der Waals surface area contributed by atoms with E-state index in [2.05, 4.69) is 22.4 Å². The SMILES string of the molecule is CCCCc1nnc(NC(=O)[C@@]23CCC(=O)N2c2ccccc2C(=O)N3C)s1. The number of aryl methyl sites for hydroxylation is 1. The van der Waals surface area contributed by atoms with Gasteiger partial charge in [-0.2, -0.15) is 0 Å². The van der Waals surface area contributed by atoms with E-state index in [0.717, 1.165) is 24.3 Å². The fraction of sp³-hybridized carbons (Fsp3) is 0.421. The fourth-order valence-electron chi connectivity index (χ4n) is 3.86. The summed E-state index contributed by atoms with van der Waals surface area (Å²) in [6, 6.07) is 6.89. The lowest BCUT2D eigenvalue weighted by Gasteiger charge is -2.47. The van der Waals surface area contributed by atoms with Crippen LogP contribution in [0.4, 0.5) is 10.8 Å². The van der Waals surface area contributed by atoms with Gasteiger partial charge < -0.3 is 4.90 Å². The van der Waals surface area contributed by atoms with Gasteiger partial charge in [0.05, 0.1) is 11.3 Å². The number of nitrogens with zero attached hydrogens (tertiary/aromatic N) is 4. The highest BCUT2D eigenvalue weighted by molar-refractivity contribution is 7.15. The molecule has 28 heavy (non-hydrogen) atoms. The Hall–Kier alpha value is -2.81. The Morgan fingerprint density at radius 2 is 2.07 bits per heavy atom. The van der Waals surface area contributed by atoms with Gasteiger partial charge in [0.1, 0.15) is 5.01 Å². The molecule has 0 radical (unpaired) electrons. The lowest BCUT2D eigenvalue weighted by molar-refractivity contribution is -0.128. The molecule has 0 unspecified atom stereocenters. The average molecular weight is 399 g/mol. The number of unbranched alkanes of at least 4 members (excludes halogenated alkanes) is 1. The van der Waals surface area contributed by atoms with Crippen LogP contribution in [-0.4, -0.2) is 45.5 Å². The van der Waals surface area contributed by atoms with Crippen LogP contribution in [0.1, 0.15) is 48.0 Å². The minimum absolute atomic E-state index is 0.178. The number of anilines is 2. The van der Waals surface area contributed by atoms with Gasteiger partial charge in [-0.3, -0.25) is 24.6 Å². The van der Waals surface area contributed by atoms with Crippen molar-refractivity contribution < 1.29 is 14.4 Å². The quantitative estimate of drug-likeness (QED) is 0.833. The number of hydrogen-bond acceptors (Lipinski definition) is 6. The van der Waals surface area contributed by atoms with Gasteiger partial charge in [-0.25, -0.2) is 0 Å². The molecule has 4 rings (SSSR count). The number of carbonyl (C=O) groups is 3. The van der Waals surface area contributed by atoms with Gasteiger partial charge in [0, 0.05) is 26.3 Å². The maximum Gasteiger partial charge on any atom is 0.273 e. The van der Waals surface area contributed by atoms with Crippen LogP contribution in [0.25, 0.3) is 0 Å². The minimum Gasteiger partial charge on any atom is -0.310 e. The molecule has 1 atom stereocenters. The highest BCUT2D eigenvalue weighted by atomic mass is 32.1. The van der Waals surface area contributed by atoms with Gasteiger partial charge in [-0.05, 0) is 18.6 Å². The highest BCUT2D eigenvalue weighted by Crippen LogP contribution is 2.44. The molecule has 146 valence electrons. The van der Waals surface area contributed by atoms with Crippen LogP contribution in [0.15, 0.2) is 24.3 Å². The van der Waals surface area contributed by atoms with E-state index in [4.69, 9.17) is 0 Å². The zero-order chi connectivity index (χ0) is 19.9. The summed E-state index contributed by atoms with van der Waals surface area (Å²) in [5, 5.41) is 12.2. The Kier molecular flexibility index (Phi) is 4.62. The normalized spacial score (nSPS) is 20.9. The predicted molar refractivity (Wildman–Crippen MR) is 105 cm³/mol. The topological polar surface area (TPSA) is 95.5 Å². The van der Waals surface area contributed by atoms with Gasteiger partial charge in [-0.1, -0.05) is 36.8 Å². The Bertz CT molecular complexity index is 959. The molecule has 0 bridgehead atoms. The number of para-hydroxylation sites is 1. The fourth-order valence-corrected chi connectivity index (χ4v) is 4.63. The smallest absolute Gasteiger partial charge is 0.273 e. The maximum absolute atomic E-state index is 13.3. The van der Waals surface area contributed by atoms with Crippen molar-refractivity contribution in [3.63, 3.8) is 0 Å². The zero-order valence-corrected chi connectivity index (χ0v) is 16.6. The molecule has 1 saturated heterocycles. The molecule has 9 heteroatoms. The van der Waals surface area contributed by atoms with Crippen molar-refractivity contribution in [1.82, 2.24) is 15.1 Å². The molecular formula is C19H21N5O3S. The summed E-state index contributed by atoms with van der Waals surface area (Å²) in [4.78, 5) is 41.8. The molecule has 0 aliphatic carbocycles. The summed E-state index contributed by atoms with van der Waals surface area (Å²) >= 11 is 1.32. The lowest BCUT2D eigenvalue weighted by atomic mass is 9.96. The third-order valence-electron chi connectivity index (χ3n) is 5.34. The lowest BCUT2D eigenvalue weighted by Crippen LogP contribution is -2.68. The molecular weight excluding hydrogens is 378 g/mol. The molecule has 1 aromatic carbocycles. The van der Waals surface area contributed by atoms with Crippen LogP contribution < -0.4 is 10.2 Å². The molecule has 0 saturated carbocycles. The number of fused-ring (bicyclic) bond motifs is 3. The van der Waals surface area contributed by atoms with Gasteiger partial charge in [-0.15, -0.1) is 10.2 Å². The van der Waals surface area contributed by atoms with Crippen LogP contribution >= 0.6 is 11.3 Å². The monoisotopic (exact) mass is 399 g/mol. The molecule has 2 aliphatic heterocycles. The number of amides is 3. The van der Waals surface area contributed by atoms with Crippen LogP contribution in [-0.2, 0) is 16.0 Å². The Balaban J connectivity index is 1.68. The van der Waals surface area contributed by atoms with Gasteiger partial charge in [0.2, 0.25) is 16.7 Å². The van der Waals surface area contributed by atoms with Gasteiger partial charge in [0.25, 0.3) is 11.8 Å². The second-order valence-corrected chi connectivity index (χ2v) is 8.05. The molecule has 1 N–H and O–H groups in total. The molecule has 2 aliphatic rings. The highest BCUT2D eigenvalue weighted by Gasteiger charge is 2.59. The number of benzene rings is 1. The van der Waals surface area contributed by atoms with Crippen molar-refractivity contribution >= 4 is 39.9 Å². The molecule has 3 amide bonds. The third kappa shape index (κ3) is 2.69. The summed E-state index contributed by atoms with van der Waals surface area (Å²) in [7, 11) is 1.57. The van der Waals surface area contributed by atoms with Gasteiger partial charge in [0.15, 0.2) is 0 Å². The number of likely N-dealkylation sites (N-methyl/N-ethyl adjacent to an activating group) is 1. The van der Waals surface area contributed by atoms with Crippen LogP contribution in [0, 0.1) is 0 Å².